The van der Waals surface area contributed by atoms with E-state index in [1.165, 1.54) is 18.5 Å². The van der Waals surface area contributed by atoms with Crippen molar-refractivity contribution in [1.82, 2.24) is 10.2 Å². The lowest BCUT2D eigenvalue weighted by Gasteiger charge is -2.16. The van der Waals surface area contributed by atoms with E-state index in [4.69, 9.17) is 0 Å². The van der Waals surface area contributed by atoms with Crippen molar-refractivity contribution in [1.29, 1.82) is 0 Å². The lowest BCUT2D eigenvalue weighted by molar-refractivity contribution is 0.324. The molecule has 2 rings (SSSR count). The second kappa shape index (κ2) is 6.94. The minimum atomic E-state index is 1.05. The van der Waals surface area contributed by atoms with Gasteiger partial charge in [0.05, 0.1) is 0 Å². The van der Waals surface area contributed by atoms with Crippen molar-refractivity contribution in [3.05, 3.63) is 40.4 Å². The molecule has 1 aromatic carbocycles. The molecule has 1 saturated heterocycles. The van der Waals surface area contributed by atoms with Gasteiger partial charge in [0.15, 0.2) is 0 Å². The zero-order valence-corrected chi connectivity index (χ0v) is 11.6. The molecule has 1 fully saturated rings. The maximum absolute atomic E-state index is 3.45. The average molecular weight is 295 g/mol. The highest BCUT2D eigenvalue weighted by molar-refractivity contribution is 9.10. The third-order valence-corrected chi connectivity index (χ3v) is 3.51. The number of hydrogen-bond donors (Lipinski definition) is 1. The topological polar surface area (TPSA) is 15.3 Å². The number of nitrogens with one attached hydrogen (secondary N) is 1. The van der Waals surface area contributed by atoms with Gasteiger partial charge in [0.1, 0.15) is 0 Å². The first kappa shape index (κ1) is 12.8. The highest BCUT2D eigenvalue weighted by atomic mass is 79.9. The van der Waals surface area contributed by atoms with Gasteiger partial charge in [-0.1, -0.05) is 40.2 Å². The van der Waals surface area contributed by atoms with Gasteiger partial charge in [-0.25, -0.2) is 0 Å². The Bertz CT molecular complexity index is 351. The fraction of sp³-hybridized carbons (Fsp3) is 0.429. The van der Waals surface area contributed by atoms with Crippen LogP contribution < -0.4 is 5.32 Å². The van der Waals surface area contributed by atoms with E-state index in [-0.39, 0.29) is 0 Å². The summed E-state index contributed by atoms with van der Waals surface area (Å²) in [5.41, 5.74) is 1.26. The second-order valence-corrected chi connectivity index (χ2v) is 5.27. The molecule has 1 aliphatic rings. The molecule has 2 nitrogen and oxygen atoms in total. The van der Waals surface area contributed by atoms with E-state index >= 15 is 0 Å². The Labute approximate surface area is 112 Å². The first-order valence-electron chi connectivity index (χ1n) is 6.20. The summed E-state index contributed by atoms with van der Waals surface area (Å²) in [5, 5.41) is 3.42. The Morgan fingerprint density at radius 2 is 2.00 bits per heavy atom. The fourth-order valence-electron chi connectivity index (χ4n) is 2.00. The molecule has 17 heavy (non-hydrogen) atoms. The minimum absolute atomic E-state index is 1.05. The van der Waals surface area contributed by atoms with Crippen LogP contribution in [0.4, 0.5) is 0 Å². The highest BCUT2D eigenvalue weighted by Crippen LogP contribution is 2.11. The van der Waals surface area contributed by atoms with Gasteiger partial charge < -0.3 is 5.32 Å². The normalized spacial score (nSPS) is 18.4. The quantitative estimate of drug-likeness (QED) is 0.922. The van der Waals surface area contributed by atoms with E-state index in [0.29, 0.717) is 0 Å². The lowest BCUT2D eigenvalue weighted by atomic mass is 10.2. The van der Waals surface area contributed by atoms with Crippen molar-refractivity contribution in [3.8, 4) is 0 Å². The Morgan fingerprint density at radius 3 is 2.82 bits per heavy atom. The molecule has 0 unspecified atom stereocenters. The summed E-state index contributed by atoms with van der Waals surface area (Å²) in [6.45, 7) is 5.69. The summed E-state index contributed by atoms with van der Waals surface area (Å²) < 4.78 is 1.13. The van der Waals surface area contributed by atoms with Crippen molar-refractivity contribution < 1.29 is 0 Å². The number of nitrogens with zero attached hydrogens (tertiary/aromatic N) is 1. The molecule has 92 valence electrons. The van der Waals surface area contributed by atoms with E-state index in [9.17, 15) is 0 Å². The summed E-state index contributed by atoms with van der Waals surface area (Å²) in [7, 11) is 0. The van der Waals surface area contributed by atoms with Gasteiger partial charge in [-0.05, 0) is 37.2 Å². The minimum Gasteiger partial charge on any atom is -0.315 e. The summed E-state index contributed by atoms with van der Waals surface area (Å²) in [6, 6.07) is 8.42. The maximum Gasteiger partial charge on any atom is 0.0175 e. The third kappa shape index (κ3) is 4.62. The van der Waals surface area contributed by atoms with Crippen molar-refractivity contribution in [2.45, 2.75) is 6.42 Å². The van der Waals surface area contributed by atoms with Gasteiger partial charge in [-0.3, -0.25) is 4.90 Å². The zero-order chi connectivity index (χ0) is 11.9. The van der Waals surface area contributed by atoms with Crippen molar-refractivity contribution >= 4 is 22.0 Å². The molecule has 1 N–H and O–H groups in total. The molecule has 1 aromatic rings. The van der Waals surface area contributed by atoms with Crippen LogP contribution >= 0.6 is 15.9 Å². The Kier molecular flexibility index (Phi) is 5.23. The second-order valence-electron chi connectivity index (χ2n) is 4.36. The number of hydrogen-bond acceptors (Lipinski definition) is 2. The van der Waals surface area contributed by atoms with Crippen LogP contribution in [0, 0.1) is 0 Å². The monoisotopic (exact) mass is 294 g/mol. The molecule has 0 bridgehead atoms. The standard InChI is InChI=1S/C14H19BrN2/c15-14-6-4-13(5-7-14)3-1-10-17-11-2-8-16-9-12-17/h1,3-7,16H,2,8-12H2/b3-1+. The first-order valence-corrected chi connectivity index (χ1v) is 6.99. The van der Waals surface area contributed by atoms with E-state index in [1.807, 2.05) is 0 Å². The van der Waals surface area contributed by atoms with E-state index in [1.54, 1.807) is 0 Å². The van der Waals surface area contributed by atoms with Gasteiger partial charge in [-0.15, -0.1) is 0 Å². The number of benzene rings is 1. The Morgan fingerprint density at radius 1 is 1.18 bits per heavy atom. The van der Waals surface area contributed by atoms with Crippen molar-refractivity contribution in [2.24, 2.45) is 0 Å². The van der Waals surface area contributed by atoms with Crippen molar-refractivity contribution in [2.75, 3.05) is 32.7 Å². The summed E-state index contributed by atoms with van der Waals surface area (Å²) in [6.07, 6.45) is 5.71. The Hall–Kier alpha value is -0.640. The molecule has 0 aliphatic carbocycles. The van der Waals surface area contributed by atoms with Gasteiger partial charge in [0.25, 0.3) is 0 Å². The van der Waals surface area contributed by atoms with Crippen LogP contribution in [0.2, 0.25) is 0 Å². The van der Waals surface area contributed by atoms with E-state index in [2.05, 4.69) is 62.6 Å². The first-order chi connectivity index (χ1) is 8.34. The summed E-state index contributed by atoms with van der Waals surface area (Å²) in [4.78, 5) is 2.50. The molecule has 0 radical (unpaired) electrons. The van der Waals surface area contributed by atoms with E-state index < -0.39 is 0 Å². The largest absolute Gasteiger partial charge is 0.315 e. The maximum atomic E-state index is 3.45. The van der Waals surface area contributed by atoms with Crippen molar-refractivity contribution in [3.63, 3.8) is 0 Å². The molecule has 0 amide bonds. The summed E-state index contributed by atoms with van der Waals surface area (Å²) >= 11 is 3.45. The number of rotatable bonds is 3. The third-order valence-electron chi connectivity index (χ3n) is 2.98. The smallest absolute Gasteiger partial charge is 0.0175 e. The van der Waals surface area contributed by atoms with Gasteiger partial charge >= 0.3 is 0 Å². The van der Waals surface area contributed by atoms with Gasteiger partial charge in [0, 0.05) is 24.1 Å². The van der Waals surface area contributed by atoms with E-state index in [0.717, 1.165) is 30.7 Å². The predicted octanol–water partition coefficient (Wildman–Crippen LogP) is 2.76. The fourth-order valence-corrected chi connectivity index (χ4v) is 2.26. The molecule has 1 heterocycles. The summed E-state index contributed by atoms with van der Waals surface area (Å²) in [5.74, 6) is 0. The average Bonchev–Trinajstić information content (AvgIpc) is 2.60. The van der Waals surface area contributed by atoms with Crippen LogP contribution in [-0.2, 0) is 0 Å². The molecule has 3 heteroatoms. The van der Waals surface area contributed by atoms with Gasteiger partial charge in [0.2, 0.25) is 0 Å². The molecule has 0 spiro atoms. The van der Waals surface area contributed by atoms with Crippen LogP contribution in [0.5, 0.6) is 0 Å². The van der Waals surface area contributed by atoms with Crippen LogP contribution in [-0.4, -0.2) is 37.6 Å². The molecular weight excluding hydrogens is 276 g/mol. The molecule has 0 atom stereocenters. The zero-order valence-electron chi connectivity index (χ0n) is 10.0. The predicted molar refractivity (Wildman–Crippen MR) is 77.1 cm³/mol. The molecule has 1 aliphatic heterocycles. The SMILES string of the molecule is Brc1ccc(/C=C/CN2CCCNCC2)cc1. The van der Waals surface area contributed by atoms with Gasteiger partial charge in [-0.2, -0.15) is 0 Å². The highest BCUT2D eigenvalue weighted by Gasteiger charge is 2.05. The Balaban J connectivity index is 1.82. The van der Waals surface area contributed by atoms with Crippen LogP contribution in [0.1, 0.15) is 12.0 Å². The molecule has 0 saturated carbocycles. The van der Waals surface area contributed by atoms with Crippen LogP contribution in [0.25, 0.3) is 6.08 Å². The number of halogens is 1. The van der Waals surface area contributed by atoms with Crippen LogP contribution in [0.3, 0.4) is 0 Å². The van der Waals surface area contributed by atoms with Crippen LogP contribution in [0.15, 0.2) is 34.8 Å². The lowest BCUT2D eigenvalue weighted by Crippen LogP contribution is -2.28. The molecular formula is C14H19BrN2. The molecule has 0 aromatic heterocycles.